The molecule has 1 saturated carbocycles. The number of amides is 2. The van der Waals surface area contributed by atoms with E-state index in [1.807, 2.05) is 36.4 Å². The van der Waals surface area contributed by atoms with Gasteiger partial charge in [-0.3, -0.25) is 4.79 Å². The van der Waals surface area contributed by atoms with Gasteiger partial charge in [-0.1, -0.05) is 48.5 Å². The number of ether oxygens (including phenoxy) is 2. The number of alkyl carbamates (subject to hydrolysis) is 1. The molecule has 2 aliphatic carbocycles. The van der Waals surface area contributed by atoms with Crippen LogP contribution < -0.4 is 10.6 Å². The maximum Gasteiger partial charge on any atom is 0.408 e. The van der Waals surface area contributed by atoms with Gasteiger partial charge < -0.3 is 25.2 Å². The molecule has 8 nitrogen and oxygen atoms in total. The topological polar surface area (TPSA) is 114 Å². The molecule has 3 aliphatic rings. The number of aliphatic carboxylic acids is 1. The molecule has 0 spiro atoms. The van der Waals surface area contributed by atoms with Gasteiger partial charge >= 0.3 is 12.1 Å². The summed E-state index contributed by atoms with van der Waals surface area (Å²) in [6.45, 7) is 0.673. The number of carbonyl (C=O) groups is 3. The van der Waals surface area contributed by atoms with E-state index < -0.39 is 29.0 Å². The van der Waals surface area contributed by atoms with Crippen LogP contribution in [-0.4, -0.2) is 54.0 Å². The van der Waals surface area contributed by atoms with E-state index in [0.717, 1.165) is 28.7 Å². The molecule has 1 heterocycles. The molecule has 2 aromatic carbocycles. The summed E-state index contributed by atoms with van der Waals surface area (Å²) in [5.41, 5.74) is 1.96. The average molecular weight is 465 g/mol. The average Bonchev–Trinajstić information content (AvgIpc) is 3.14. The lowest BCUT2D eigenvalue weighted by molar-refractivity contribution is -0.154. The van der Waals surface area contributed by atoms with E-state index >= 15 is 0 Å². The Labute approximate surface area is 197 Å². The zero-order chi connectivity index (χ0) is 23.8. The van der Waals surface area contributed by atoms with Gasteiger partial charge in [0.2, 0.25) is 5.91 Å². The molecule has 0 radical (unpaired) electrons. The maximum absolute atomic E-state index is 13.2. The standard InChI is InChI=1S/C26H28N2O6/c29-22(27-26(23(30)31)12-14-33-15-13-26)25(10-5-11-25)28-24(32)34-16-21-19-8-3-1-6-17(19)18-7-2-4-9-20(18)21/h1-4,6-9,21H,5,10-16H2,(H,27,29)(H,28,32)(H,30,31). The highest BCUT2D eigenvalue weighted by molar-refractivity contribution is 5.95. The number of hydrogen-bond donors (Lipinski definition) is 3. The Kier molecular flexibility index (Phi) is 5.77. The number of benzene rings is 2. The van der Waals surface area contributed by atoms with E-state index in [0.29, 0.717) is 12.8 Å². The molecule has 178 valence electrons. The van der Waals surface area contributed by atoms with Crippen molar-refractivity contribution in [3.63, 3.8) is 0 Å². The highest BCUT2D eigenvalue weighted by Gasteiger charge is 2.51. The third-order valence-corrected chi connectivity index (χ3v) is 7.44. The molecule has 5 rings (SSSR count). The number of fused-ring (bicyclic) bond motifs is 3. The van der Waals surface area contributed by atoms with Crippen LogP contribution >= 0.6 is 0 Å². The normalized spacial score (nSPS) is 19.8. The minimum atomic E-state index is -1.37. The lowest BCUT2D eigenvalue weighted by atomic mass is 9.75. The molecule has 1 aliphatic heterocycles. The number of carboxylic acids is 1. The summed E-state index contributed by atoms with van der Waals surface area (Å²) >= 11 is 0. The van der Waals surface area contributed by atoms with Crippen LogP contribution in [0.4, 0.5) is 4.79 Å². The second-order valence-electron chi connectivity index (χ2n) is 9.34. The van der Waals surface area contributed by atoms with E-state index in [-0.39, 0.29) is 38.6 Å². The Morgan fingerprint density at radius 1 is 0.882 bits per heavy atom. The molecule has 2 aromatic rings. The third-order valence-electron chi connectivity index (χ3n) is 7.44. The maximum atomic E-state index is 13.2. The van der Waals surface area contributed by atoms with Gasteiger partial charge in [-0.05, 0) is 41.5 Å². The quantitative estimate of drug-likeness (QED) is 0.605. The van der Waals surface area contributed by atoms with Crippen molar-refractivity contribution in [2.75, 3.05) is 19.8 Å². The molecular formula is C26H28N2O6. The fourth-order valence-corrected chi connectivity index (χ4v) is 5.22. The summed E-state index contributed by atoms with van der Waals surface area (Å²) in [7, 11) is 0. The molecule has 0 atom stereocenters. The Bertz CT molecular complexity index is 1070. The van der Waals surface area contributed by atoms with Gasteiger partial charge in [-0.2, -0.15) is 0 Å². The fourth-order valence-electron chi connectivity index (χ4n) is 5.22. The summed E-state index contributed by atoms with van der Waals surface area (Å²) in [5.74, 6) is -1.64. The number of hydrogen-bond acceptors (Lipinski definition) is 5. The molecular weight excluding hydrogens is 436 g/mol. The summed E-state index contributed by atoms with van der Waals surface area (Å²) < 4.78 is 10.9. The van der Waals surface area contributed by atoms with E-state index in [1.165, 1.54) is 0 Å². The van der Waals surface area contributed by atoms with Crippen molar-refractivity contribution in [2.24, 2.45) is 0 Å². The predicted octanol–water partition coefficient (Wildman–Crippen LogP) is 3.20. The van der Waals surface area contributed by atoms with Crippen LogP contribution in [0, 0.1) is 0 Å². The highest BCUT2D eigenvalue weighted by Crippen LogP contribution is 2.44. The van der Waals surface area contributed by atoms with E-state index in [9.17, 15) is 19.5 Å². The third kappa shape index (κ3) is 3.81. The van der Waals surface area contributed by atoms with Crippen LogP contribution in [0.1, 0.15) is 49.1 Å². The van der Waals surface area contributed by atoms with E-state index in [2.05, 4.69) is 22.8 Å². The Morgan fingerprint density at radius 2 is 1.47 bits per heavy atom. The van der Waals surface area contributed by atoms with Gasteiger partial charge in [0.15, 0.2) is 0 Å². The van der Waals surface area contributed by atoms with Crippen molar-refractivity contribution in [1.82, 2.24) is 10.6 Å². The van der Waals surface area contributed by atoms with E-state index in [4.69, 9.17) is 9.47 Å². The Hall–Kier alpha value is -3.39. The van der Waals surface area contributed by atoms with Gasteiger partial charge in [-0.25, -0.2) is 9.59 Å². The first-order valence-electron chi connectivity index (χ1n) is 11.7. The second-order valence-corrected chi connectivity index (χ2v) is 9.34. The Morgan fingerprint density at radius 3 is 2.00 bits per heavy atom. The van der Waals surface area contributed by atoms with Crippen LogP contribution in [-0.2, 0) is 19.1 Å². The van der Waals surface area contributed by atoms with Crippen LogP contribution in [0.3, 0.4) is 0 Å². The smallest absolute Gasteiger partial charge is 0.408 e. The minimum Gasteiger partial charge on any atom is -0.480 e. The fraction of sp³-hybridized carbons (Fsp3) is 0.423. The predicted molar refractivity (Wildman–Crippen MR) is 123 cm³/mol. The summed E-state index contributed by atoms with van der Waals surface area (Å²) in [6.07, 6.45) is 1.35. The van der Waals surface area contributed by atoms with Crippen molar-refractivity contribution >= 4 is 18.0 Å². The van der Waals surface area contributed by atoms with Gasteiger partial charge in [0.05, 0.1) is 0 Å². The molecule has 34 heavy (non-hydrogen) atoms. The van der Waals surface area contributed by atoms with Crippen molar-refractivity contribution in [3.05, 3.63) is 59.7 Å². The largest absolute Gasteiger partial charge is 0.480 e. The zero-order valence-electron chi connectivity index (χ0n) is 18.8. The van der Waals surface area contributed by atoms with Gasteiger partial charge in [-0.15, -0.1) is 0 Å². The van der Waals surface area contributed by atoms with Crippen LogP contribution in [0.2, 0.25) is 0 Å². The summed E-state index contributed by atoms with van der Waals surface area (Å²) in [5, 5.41) is 15.2. The van der Waals surface area contributed by atoms with Crippen molar-refractivity contribution in [3.8, 4) is 11.1 Å². The highest BCUT2D eigenvalue weighted by atomic mass is 16.5. The lowest BCUT2D eigenvalue weighted by Gasteiger charge is -2.43. The molecule has 1 saturated heterocycles. The Balaban J connectivity index is 1.26. The molecule has 0 bridgehead atoms. The number of nitrogens with one attached hydrogen (secondary N) is 2. The van der Waals surface area contributed by atoms with E-state index in [1.54, 1.807) is 0 Å². The van der Waals surface area contributed by atoms with Crippen molar-refractivity contribution in [2.45, 2.75) is 49.1 Å². The first-order valence-corrected chi connectivity index (χ1v) is 11.7. The summed E-state index contributed by atoms with van der Waals surface area (Å²) in [6, 6.07) is 16.1. The number of rotatable bonds is 6. The molecule has 8 heteroatoms. The molecule has 0 unspecified atom stereocenters. The van der Waals surface area contributed by atoms with Crippen LogP contribution in [0.5, 0.6) is 0 Å². The number of carboxylic acid groups (broad SMARTS) is 1. The van der Waals surface area contributed by atoms with Crippen LogP contribution in [0.25, 0.3) is 11.1 Å². The monoisotopic (exact) mass is 464 g/mol. The zero-order valence-corrected chi connectivity index (χ0v) is 18.8. The first kappa shape index (κ1) is 22.4. The molecule has 2 fully saturated rings. The van der Waals surface area contributed by atoms with Gasteiger partial charge in [0, 0.05) is 32.0 Å². The van der Waals surface area contributed by atoms with Gasteiger partial charge in [0.25, 0.3) is 0 Å². The van der Waals surface area contributed by atoms with Crippen molar-refractivity contribution < 1.29 is 29.0 Å². The minimum absolute atomic E-state index is 0.0816. The van der Waals surface area contributed by atoms with Gasteiger partial charge in [0.1, 0.15) is 17.7 Å². The first-order chi connectivity index (χ1) is 16.4. The van der Waals surface area contributed by atoms with Crippen molar-refractivity contribution in [1.29, 1.82) is 0 Å². The van der Waals surface area contributed by atoms with Crippen LogP contribution in [0.15, 0.2) is 48.5 Å². The molecule has 2 amide bonds. The number of carbonyl (C=O) groups excluding carboxylic acids is 2. The molecule has 0 aromatic heterocycles. The molecule has 3 N–H and O–H groups in total. The second kappa shape index (κ2) is 8.76. The lowest BCUT2D eigenvalue weighted by Crippen LogP contribution is -2.68. The SMILES string of the molecule is O=C(NC1(C(=O)NC2(C(=O)O)CCOCC2)CCC1)OCC1c2ccccc2-c2ccccc21. The summed E-state index contributed by atoms with van der Waals surface area (Å²) in [4.78, 5) is 37.9.